The summed E-state index contributed by atoms with van der Waals surface area (Å²) in [6, 6.07) is 11.0. The highest BCUT2D eigenvalue weighted by molar-refractivity contribution is 6.39. The second kappa shape index (κ2) is 9.99. The number of carbonyl (C=O) groups is 1. The van der Waals surface area contributed by atoms with Crippen LogP contribution in [0.2, 0.25) is 10.0 Å². The van der Waals surface area contributed by atoms with Gasteiger partial charge in [-0.2, -0.15) is 18.2 Å². The first-order valence-corrected chi connectivity index (χ1v) is 9.39. The largest absolute Gasteiger partial charge is 0.490 e. The van der Waals surface area contributed by atoms with Crippen molar-refractivity contribution in [2.45, 2.75) is 19.2 Å². The maximum absolute atomic E-state index is 10.6. The Balaban J connectivity index is 0.000000423. The number of hydrogen-bond acceptors (Lipinski definition) is 6. The summed E-state index contributed by atoms with van der Waals surface area (Å²) in [7, 11) is 0. The van der Waals surface area contributed by atoms with E-state index in [1.165, 1.54) is 0 Å². The fraction of sp³-hybridized carbons (Fsp3) is 0.211. The Morgan fingerprint density at radius 1 is 1.19 bits per heavy atom. The van der Waals surface area contributed by atoms with Gasteiger partial charge in [0.2, 0.25) is 5.95 Å². The van der Waals surface area contributed by atoms with Gasteiger partial charge in [0, 0.05) is 27.5 Å². The summed E-state index contributed by atoms with van der Waals surface area (Å²) in [4.78, 5) is 17.4. The number of fused-ring (bicyclic) bond motifs is 1. The van der Waals surface area contributed by atoms with Crippen LogP contribution in [-0.4, -0.2) is 45.0 Å². The fourth-order valence-corrected chi connectivity index (χ4v) is 3.07. The summed E-state index contributed by atoms with van der Waals surface area (Å²) in [5, 5.41) is 21.6. The number of anilines is 2. The number of carboxylic acid groups (broad SMARTS) is 1. The van der Waals surface area contributed by atoms with Crippen molar-refractivity contribution in [3.63, 3.8) is 0 Å². The zero-order valence-corrected chi connectivity index (χ0v) is 17.4. The van der Waals surface area contributed by atoms with E-state index in [1.54, 1.807) is 25.1 Å². The third kappa shape index (κ3) is 6.58. The van der Waals surface area contributed by atoms with E-state index in [0.717, 1.165) is 16.5 Å². The molecule has 1 heterocycles. The molecular weight excluding hydrogens is 460 g/mol. The minimum Gasteiger partial charge on any atom is -0.475 e. The molecule has 0 fully saturated rings. The van der Waals surface area contributed by atoms with E-state index in [1.807, 2.05) is 18.2 Å². The molecule has 7 nitrogen and oxygen atoms in total. The third-order valence-electron chi connectivity index (χ3n) is 3.77. The maximum Gasteiger partial charge on any atom is 0.490 e. The molecule has 2 aromatic carbocycles. The van der Waals surface area contributed by atoms with E-state index in [-0.39, 0.29) is 5.95 Å². The summed E-state index contributed by atoms with van der Waals surface area (Å²) in [6.07, 6.45) is -5.59. The molecule has 0 radical (unpaired) electrons. The van der Waals surface area contributed by atoms with Gasteiger partial charge in [0.1, 0.15) is 5.82 Å². The van der Waals surface area contributed by atoms with Crippen LogP contribution in [0, 0.1) is 0 Å². The molecular formula is C19H17Cl2F3N4O3. The predicted octanol–water partition coefficient (Wildman–Crippen LogP) is 4.61. The number of nitrogens with two attached hydrogens (primary N) is 1. The first-order valence-electron chi connectivity index (χ1n) is 8.64. The van der Waals surface area contributed by atoms with Gasteiger partial charge in [-0.25, -0.2) is 9.78 Å². The molecule has 0 spiro atoms. The Morgan fingerprint density at radius 3 is 2.29 bits per heavy atom. The lowest BCUT2D eigenvalue weighted by molar-refractivity contribution is -0.192. The van der Waals surface area contributed by atoms with Gasteiger partial charge in [0.15, 0.2) is 0 Å². The molecule has 31 heavy (non-hydrogen) atoms. The molecule has 1 atom stereocenters. The Kier molecular flexibility index (Phi) is 7.88. The Morgan fingerprint density at radius 2 is 1.77 bits per heavy atom. The van der Waals surface area contributed by atoms with Gasteiger partial charge in [-0.05, 0) is 36.8 Å². The zero-order chi connectivity index (χ0) is 23.3. The highest BCUT2D eigenvalue weighted by Crippen LogP contribution is 2.36. The van der Waals surface area contributed by atoms with E-state index in [2.05, 4.69) is 15.3 Å². The van der Waals surface area contributed by atoms with Crippen LogP contribution < -0.4 is 11.1 Å². The molecule has 0 saturated carbocycles. The summed E-state index contributed by atoms with van der Waals surface area (Å²) in [5.74, 6) is -2.03. The number of benzene rings is 2. The highest BCUT2D eigenvalue weighted by atomic mass is 35.5. The number of aliphatic carboxylic acids is 1. The number of nitrogens with zero attached hydrogens (tertiary/aromatic N) is 2. The molecule has 1 aromatic heterocycles. The number of halogens is 5. The summed E-state index contributed by atoms with van der Waals surface area (Å²) in [6.45, 7) is 2.06. The smallest absolute Gasteiger partial charge is 0.475 e. The number of nitrogens with one attached hydrogen (secondary N) is 1. The fourth-order valence-electron chi connectivity index (χ4n) is 2.46. The molecule has 0 aliphatic rings. The van der Waals surface area contributed by atoms with Crippen LogP contribution in [0.25, 0.3) is 22.0 Å². The molecule has 0 amide bonds. The van der Waals surface area contributed by atoms with Crippen molar-refractivity contribution in [1.82, 2.24) is 9.97 Å². The van der Waals surface area contributed by atoms with Gasteiger partial charge in [-0.3, -0.25) is 0 Å². The van der Waals surface area contributed by atoms with Crippen LogP contribution >= 0.6 is 23.2 Å². The van der Waals surface area contributed by atoms with Gasteiger partial charge >= 0.3 is 12.1 Å². The number of nitrogen functional groups attached to an aromatic ring is 1. The lowest BCUT2D eigenvalue weighted by Gasteiger charge is -2.12. The van der Waals surface area contributed by atoms with Crippen LogP contribution in [0.1, 0.15) is 6.92 Å². The highest BCUT2D eigenvalue weighted by Gasteiger charge is 2.38. The Labute approximate surface area is 184 Å². The van der Waals surface area contributed by atoms with E-state index >= 15 is 0 Å². The van der Waals surface area contributed by atoms with Gasteiger partial charge in [0.25, 0.3) is 0 Å². The first-order chi connectivity index (χ1) is 14.4. The summed E-state index contributed by atoms with van der Waals surface area (Å²) in [5.41, 5.74) is 8.07. The minimum absolute atomic E-state index is 0.151. The zero-order valence-electron chi connectivity index (χ0n) is 15.9. The van der Waals surface area contributed by atoms with Crippen LogP contribution in [0.15, 0.2) is 36.4 Å². The van der Waals surface area contributed by atoms with E-state index in [9.17, 15) is 18.3 Å². The molecule has 0 aliphatic heterocycles. The molecule has 1 unspecified atom stereocenters. The van der Waals surface area contributed by atoms with Crippen molar-refractivity contribution < 1.29 is 28.2 Å². The van der Waals surface area contributed by atoms with Gasteiger partial charge in [0.05, 0.1) is 11.6 Å². The normalized spacial score (nSPS) is 12.1. The van der Waals surface area contributed by atoms with Crippen molar-refractivity contribution in [3.8, 4) is 11.1 Å². The Hall–Kier alpha value is -2.82. The van der Waals surface area contributed by atoms with E-state index < -0.39 is 18.2 Å². The van der Waals surface area contributed by atoms with Crippen LogP contribution in [0.5, 0.6) is 0 Å². The number of carboxylic acids is 1. The third-order valence-corrected chi connectivity index (χ3v) is 4.40. The maximum atomic E-state index is 10.6. The topological polar surface area (TPSA) is 121 Å². The molecule has 3 rings (SSSR count). The SMILES string of the molecule is CC(O)CNc1nc(N)nc2cc(-c3c(Cl)cccc3Cl)ccc12.O=C(O)C(F)(F)F. The number of aliphatic hydroxyl groups excluding tert-OH is 1. The second-order valence-corrected chi connectivity index (χ2v) is 7.11. The number of alkyl halides is 3. The van der Waals surface area contributed by atoms with Gasteiger partial charge in [-0.15, -0.1) is 0 Å². The van der Waals surface area contributed by atoms with E-state index in [0.29, 0.717) is 27.9 Å². The first kappa shape index (κ1) is 24.4. The van der Waals surface area contributed by atoms with Crippen molar-refractivity contribution in [2.75, 3.05) is 17.6 Å². The van der Waals surface area contributed by atoms with E-state index in [4.69, 9.17) is 38.8 Å². The monoisotopic (exact) mass is 476 g/mol. The molecule has 0 bridgehead atoms. The van der Waals surface area contributed by atoms with Crippen molar-refractivity contribution in [1.29, 1.82) is 0 Å². The molecule has 3 aromatic rings. The van der Waals surface area contributed by atoms with Gasteiger partial charge < -0.3 is 21.3 Å². The number of hydrogen-bond donors (Lipinski definition) is 4. The lowest BCUT2D eigenvalue weighted by atomic mass is 10.0. The minimum atomic E-state index is -5.08. The van der Waals surface area contributed by atoms with Crippen LogP contribution in [-0.2, 0) is 4.79 Å². The molecule has 0 saturated heterocycles. The average Bonchev–Trinajstić information content (AvgIpc) is 2.65. The number of aliphatic hydroxyl groups is 1. The molecule has 166 valence electrons. The van der Waals surface area contributed by atoms with Gasteiger partial charge in [-0.1, -0.05) is 35.3 Å². The summed E-state index contributed by atoms with van der Waals surface area (Å²) >= 11 is 12.6. The number of rotatable bonds is 4. The summed E-state index contributed by atoms with van der Waals surface area (Å²) < 4.78 is 31.7. The lowest BCUT2D eigenvalue weighted by Crippen LogP contribution is -2.21. The second-order valence-electron chi connectivity index (χ2n) is 6.29. The van der Waals surface area contributed by atoms with Crippen LogP contribution in [0.3, 0.4) is 0 Å². The van der Waals surface area contributed by atoms with Crippen molar-refractivity contribution >= 4 is 51.8 Å². The number of aromatic nitrogens is 2. The standard InChI is InChI=1S/C17H16Cl2N4O.C2HF3O2/c1-9(24)8-21-16-11-6-5-10(7-14(11)22-17(20)23-16)15-12(18)3-2-4-13(15)19;3-2(4,5)1(6)7/h2-7,9,24H,8H2,1H3,(H3,20,21,22,23);(H,6,7). The quantitative estimate of drug-likeness (QED) is 0.433. The predicted molar refractivity (Wildman–Crippen MR) is 113 cm³/mol. The Bertz CT molecular complexity index is 1070. The van der Waals surface area contributed by atoms with Crippen molar-refractivity contribution in [3.05, 3.63) is 46.4 Å². The van der Waals surface area contributed by atoms with Crippen molar-refractivity contribution in [2.24, 2.45) is 0 Å². The van der Waals surface area contributed by atoms with Crippen LogP contribution in [0.4, 0.5) is 24.9 Å². The molecule has 12 heteroatoms. The molecule has 0 aliphatic carbocycles. The molecule has 5 N–H and O–H groups in total. The average molecular weight is 477 g/mol.